The maximum atomic E-state index is 12.4. The number of benzene rings is 1. The molecule has 1 fully saturated rings. The fraction of sp³-hybridized carbons (Fsp3) is 0.500. The van der Waals surface area contributed by atoms with E-state index in [9.17, 15) is 4.79 Å². The van der Waals surface area contributed by atoms with Crippen LogP contribution in [-0.4, -0.2) is 41.3 Å². The number of Topliss-reactive ketones (excluding diaryl/α,β-unsaturated/α-hetero) is 1. The van der Waals surface area contributed by atoms with Gasteiger partial charge in [-0.3, -0.25) is 9.69 Å². The van der Waals surface area contributed by atoms with E-state index in [2.05, 4.69) is 27.9 Å². The van der Waals surface area contributed by atoms with Crippen LogP contribution >= 0.6 is 27.7 Å². The van der Waals surface area contributed by atoms with Crippen molar-refractivity contribution in [2.75, 3.05) is 18.6 Å². The van der Waals surface area contributed by atoms with Crippen molar-refractivity contribution in [2.24, 2.45) is 0 Å². The normalized spacial score (nSPS) is 21.2. The van der Waals surface area contributed by atoms with Crippen molar-refractivity contribution in [3.63, 3.8) is 0 Å². The van der Waals surface area contributed by atoms with Crippen molar-refractivity contribution in [1.29, 1.82) is 0 Å². The number of carbonyl (C=O) groups is 1. The molecule has 0 radical (unpaired) electrons. The monoisotopic (exact) mass is 327 g/mol. The summed E-state index contributed by atoms with van der Waals surface area (Å²) in [6.45, 7) is 2.01. The van der Waals surface area contributed by atoms with Crippen molar-refractivity contribution in [3.8, 4) is 0 Å². The first-order valence-electron chi connectivity index (χ1n) is 6.19. The second-order valence-electron chi connectivity index (χ2n) is 4.73. The highest BCUT2D eigenvalue weighted by molar-refractivity contribution is 9.10. The first-order chi connectivity index (χ1) is 8.59. The zero-order valence-corrected chi connectivity index (χ0v) is 13.1. The maximum Gasteiger partial charge on any atom is 0.179 e. The van der Waals surface area contributed by atoms with E-state index in [-0.39, 0.29) is 11.8 Å². The smallest absolute Gasteiger partial charge is 0.179 e. The van der Waals surface area contributed by atoms with E-state index in [1.165, 1.54) is 12.2 Å². The molecule has 1 heterocycles. The minimum Gasteiger partial charge on any atom is -0.293 e. The van der Waals surface area contributed by atoms with E-state index in [0.29, 0.717) is 6.04 Å². The summed E-state index contributed by atoms with van der Waals surface area (Å²) in [6.07, 6.45) is 1.19. The molecule has 1 aromatic carbocycles. The fourth-order valence-electron chi connectivity index (χ4n) is 2.20. The zero-order valence-electron chi connectivity index (χ0n) is 10.7. The summed E-state index contributed by atoms with van der Waals surface area (Å²) >= 11 is 5.37. The maximum absolute atomic E-state index is 12.4. The van der Waals surface area contributed by atoms with Gasteiger partial charge in [0.05, 0.1) is 6.04 Å². The Balaban J connectivity index is 2.05. The molecule has 0 aromatic heterocycles. The molecule has 2 rings (SSSR count). The lowest BCUT2D eigenvalue weighted by Gasteiger charge is -2.29. The summed E-state index contributed by atoms with van der Waals surface area (Å²) in [6, 6.07) is 8.12. The van der Waals surface area contributed by atoms with Crippen molar-refractivity contribution < 1.29 is 4.79 Å². The zero-order chi connectivity index (χ0) is 13.1. The van der Waals surface area contributed by atoms with Crippen LogP contribution < -0.4 is 0 Å². The Morgan fingerprint density at radius 1 is 1.44 bits per heavy atom. The van der Waals surface area contributed by atoms with E-state index in [1.807, 2.05) is 43.0 Å². The van der Waals surface area contributed by atoms with Gasteiger partial charge in [-0.05, 0) is 38.3 Å². The number of carbonyl (C=O) groups excluding carboxylic acids is 1. The Hall–Kier alpha value is -0.320. The summed E-state index contributed by atoms with van der Waals surface area (Å²) in [5.74, 6) is 2.57. The van der Waals surface area contributed by atoms with Gasteiger partial charge in [0.1, 0.15) is 0 Å². The van der Waals surface area contributed by atoms with E-state index < -0.39 is 0 Å². The molecule has 2 atom stereocenters. The van der Waals surface area contributed by atoms with Gasteiger partial charge in [0.2, 0.25) is 0 Å². The third kappa shape index (κ3) is 3.16. The van der Waals surface area contributed by atoms with Crippen LogP contribution in [0.5, 0.6) is 0 Å². The van der Waals surface area contributed by atoms with Gasteiger partial charge in [0.15, 0.2) is 5.78 Å². The van der Waals surface area contributed by atoms with Gasteiger partial charge in [-0.25, -0.2) is 0 Å². The number of ketones is 1. The van der Waals surface area contributed by atoms with Crippen LogP contribution in [0.2, 0.25) is 0 Å². The van der Waals surface area contributed by atoms with Crippen LogP contribution in [0.3, 0.4) is 0 Å². The first-order valence-corrected chi connectivity index (χ1v) is 8.14. The molecule has 4 heteroatoms. The van der Waals surface area contributed by atoms with Gasteiger partial charge in [-0.2, -0.15) is 11.8 Å². The second kappa shape index (κ2) is 6.22. The van der Waals surface area contributed by atoms with Gasteiger partial charge in [-0.15, -0.1) is 0 Å². The number of halogens is 1. The van der Waals surface area contributed by atoms with Crippen molar-refractivity contribution in [1.82, 2.24) is 4.90 Å². The summed E-state index contributed by atoms with van der Waals surface area (Å²) in [5.41, 5.74) is 0.795. The SMILES string of the molecule is CC(C(=O)c1ccc(Br)cc1)N(C)C1CCSC1. The minimum atomic E-state index is -0.0464. The summed E-state index contributed by atoms with van der Waals surface area (Å²) in [5, 5.41) is 0. The molecule has 2 nitrogen and oxygen atoms in total. The number of thioether (sulfide) groups is 1. The predicted molar refractivity (Wildman–Crippen MR) is 81.4 cm³/mol. The van der Waals surface area contributed by atoms with E-state index in [0.717, 1.165) is 15.8 Å². The molecular weight excluding hydrogens is 310 g/mol. The van der Waals surface area contributed by atoms with Crippen molar-refractivity contribution in [3.05, 3.63) is 34.3 Å². The molecule has 1 aliphatic rings. The average Bonchev–Trinajstić information content (AvgIpc) is 2.91. The number of likely N-dealkylation sites (N-methyl/N-ethyl adjacent to an activating group) is 1. The van der Waals surface area contributed by atoms with Gasteiger partial charge in [0.25, 0.3) is 0 Å². The third-order valence-electron chi connectivity index (χ3n) is 3.60. The van der Waals surface area contributed by atoms with Gasteiger partial charge in [-0.1, -0.05) is 28.1 Å². The van der Waals surface area contributed by atoms with Crippen molar-refractivity contribution >= 4 is 33.5 Å². The Bertz CT molecular complexity index is 414. The molecular formula is C14H18BrNOS. The predicted octanol–water partition coefficient (Wildman–Crippen LogP) is 3.46. The Kier molecular flexibility index (Phi) is 4.87. The lowest BCUT2D eigenvalue weighted by atomic mass is 10.0. The Morgan fingerprint density at radius 2 is 2.11 bits per heavy atom. The van der Waals surface area contributed by atoms with Crippen LogP contribution in [0, 0.1) is 0 Å². The molecule has 1 aromatic rings. The summed E-state index contributed by atoms with van der Waals surface area (Å²) in [4.78, 5) is 14.6. The van der Waals surface area contributed by atoms with E-state index in [1.54, 1.807) is 0 Å². The molecule has 18 heavy (non-hydrogen) atoms. The Morgan fingerprint density at radius 3 is 2.67 bits per heavy atom. The number of hydrogen-bond donors (Lipinski definition) is 0. The lowest BCUT2D eigenvalue weighted by Crippen LogP contribution is -2.43. The van der Waals surface area contributed by atoms with Crippen LogP contribution in [0.1, 0.15) is 23.7 Å². The van der Waals surface area contributed by atoms with Crippen LogP contribution in [0.4, 0.5) is 0 Å². The van der Waals surface area contributed by atoms with Crippen LogP contribution in [-0.2, 0) is 0 Å². The van der Waals surface area contributed by atoms with E-state index in [4.69, 9.17) is 0 Å². The van der Waals surface area contributed by atoms with Crippen LogP contribution in [0.15, 0.2) is 28.7 Å². The molecule has 0 bridgehead atoms. The molecule has 0 saturated carbocycles. The highest BCUT2D eigenvalue weighted by Crippen LogP contribution is 2.24. The summed E-state index contributed by atoms with van der Waals surface area (Å²) in [7, 11) is 2.07. The van der Waals surface area contributed by atoms with Crippen molar-refractivity contribution in [2.45, 2.75) is 25.4 Å². The van der Waals surface area contributed by atoms with Crippen LogP contribution in [0.25, 0.3) is 0 Å². The molecule has 0 amide bonds. The number of hydrogen-bond acceptors (Lipinski definition) is 3. The minimum absolute atomic E-state index is 0.0464. The molecule has 1 saturated heterocycles. The highest BCUT2D eigenvalue weighted by Gasteiger charge is 2.27. The van der Waals surface area contributed by atoms with Gasteiger partial charge in [0, 0.05) is 21.8 Å². The quantitative estimate of drug-likeness (QED) is 0.790. The molecule has 0 spiro atoms. The first kappa shape index (κ1) is 14.1. The molecule has 0 aliphatic carbocycles. The van der Waals surface area contributed by atoms with Gasteiger partial charge < -0.3 is 0 Å². The van der Waals surface area contributed by atoms with E-state index >= 15 is 0 Å². The molecule has 98 valence electrons. The average molecular weight is 328 g/mol. The van der Waals surface area contributed by atoms with Gasteiger partial charge >= 0.3 is 0 Å². The summed E-state index contributed by atoms with van der Waals surface area (Å²) < 4.78 is 1.01. The largest absolute Gasteiger partial charge is 0.293 e. The number of rotatable bonds is 4. The Labute approximate surface area is 121 Å². The molecule has 0 N–H and O–H groups in total. The fourth-order valence-corrected chi connectivity index (χ4v) is 3.74. The standard InChI is InChI=1S/C14H18BrNOS/c1-10(16(2)13-7-8-18-9-13)14(17)11-3-5-12(15)6-4-11/h3-6,10,13H,7-9H2,1-2H3. The third-order valence-corrected chi connectivity index (χ3v) is 5.27. The molecule has 2 unspecified atom stereocenters. The highest BCUT2D eigenvalue weighted by atomic mass is 79.9. The second-order valence-corrected chi connectivity index (χ2v) is 6.80. The number of nitrogens with zero attached hydrogens (tertiary/aromatic N) is 1. The topological polar surface area (TPSA) is 20.3 Å². The lowest BCUT2D eigenvalue weighted by molar-refractivity contribution is 0.0830. The molecule has 1 aliphatic heterocycles.